The van der Waals surface area contributed by atoms with Gasteiger partial charge in [-0.15, -0.1) is 11.3 Å². The number of aliphatic hydroxyl groups is 1. The van der Waals surface area contributed by atoms with E-state index in [1.807, 2.05) is 0 Å². The van der Waals surface area contributed by atoms with E-state index in [2.05, 4.69) is 11.6 Å². The Balaban J connectivity index is 2.16. The van der Waals surface area contributed by atoms with Crippen LogP contribution < -0.4 is 4.72 Å². The van der Waals surface area contributed by atoms with Crippen LogP contribution in [0.3, 0.4) is 0 Å². The molecule has 6 heteroatoms. The molecule has 2 N–H and O–H groups in total. The number of sulfonamides is 1. The predicted molar refractivity (Wildman–Crippen MR) is 67.5 cm³/mol. The van der Waals surface area contributed by atoms with Gasteiger partial charge in [-0.1, -0.05) is 6.92 Å². The molecule has 0 unspecified atom stereocenters. The monoisotopic (exact) mass is 275 g/mol. The number of hydrogen-bond acceptors (Lipinski definition) is 4. The summed E-state index contributed by atoms with van der Waals surface area (Å²) in [6, 6.07) is 1.64. The molecule has 0 bridgehead atoms. The van der Waals surface area contributed by atoms with Gasteiger partial charge in [-0.3, -0.25) is 0 Å². The number of rotatable bonds is 4. The summed E-state index contributed by atoms with van der Waals surface area (Å²) < 4.78 is 26.9. The van der Waals surface area contributed by atoms with E-state index in [4.69, 9.17) is 5.11 Å². The van der Waals surface area contributed by atoms with Crippen LogP contribution in [0.4, 0.5) is 0 Å². The molecule has 1 fully saturated rings. The summed E-state index contributed by atoms with van der Waals surface area (Å²) in [5, 5.41) is 9.01. The van der Waals surface area contributed by atoms with Gasteiger partial charge in [-0.05, 0) is 31.7 Å². The zero-order valence-corrected chi connectivity index (χ0v) is 11.6. The zero-order valence-electron chi connectivity index (χ0n) is 9.93. The third-order valence-electron chi connectivity index (χ3n) is 3.06. The Labute approximate surface area is 106 Å². The lowest BCUT2D eigenvalue weighted by atomic mass is 9.83. The van der Waals surface area contributed by atoms with Gasteiger partial charge in [0.15, 0.2) is 0 Å². The number of thiophene rings is 1. The number of aryl methyl sites for hydroxylation is 1. The smallest absolute Gasteiger partial charge is 0.241 e. The van der Waals surface area contributed by atoms with Gasteiger partial charge in [0, 0.05) is 15.8 Å². The fourth-order valence-corrected chi connectivity index (χ4v) is 4.91. The Kier molecular flexibility index (Phi) is 3.58. The molecule has 1 aliphatic rings. The molecule has 1 heterocycles. The quantitative estimate of drug-likeness (QED) is 0.877. The summed E-state index contributed by atoms with van der Waals surface area (Å²) in [6.07, 6.45) is 1.82. The standard InChI is InChI=1S/C11H17NO3S2/c1-7-3-9(4-7)12-17(14,15)11-5-10(6-13)16-8(11)2/h5,7,9,12-13H,3-4,6H2,1-2H3. The van der Waals surface area contributed by atoms with Gasteiger partial charge in [0.2, 0.25) is 10.0 Å². The molecule has 1 aliphatic carbocycles. The minimum absolute atomic E-state index is 0.0758. The Morgan fingerprint density at radius 3 is 2.65 bits per heavy atom. The summed E-state index contributed by atoms with van der Waals surface area (Å²) in [6.45, 7) is 3.77. The van der Waals surface area contributed by atoms with E-state index in [9.17, 15) is 8.42 Å². The lowest BCUT2D eigenvalue weighted by molar-refractivity contribution is 0.270. The highest BCUT2D eigenvalue weighted by Gasteiger charge is 2.31. The second-order valence-electron chi connectivity index (χ2n) is 4.69. The molecule has 0 radical (unpaired) electrons. The third kappa shape index (κ3) is 2.70. The maximum absolute atomic E-state index is 12.1. The first kappa shape index (κ1) is 13.0. The Bertz CT molecular complexity index is 501. The van der Waals surface area contributed by atoms with E-state index in [0.29, 0.717) is 15.7 Å². The molecule has 0 atom stereocenters. The van der Waals surface area contributed by atoms with E-state index in [1.54, 1.807) is 13.0 Å². The summed E-state index contributed by atoms with van der Waals surface area (Å²) in [5.74, 6) is 0.610. The average Bonchev–Trinajstić information content (AvgIpc) is 2.58. The maximum atomic E-state index is 12.1. The van der Waals surface area contributed by atoms with Crippen molar-refractivity contribution in [2.75, 3.05) is 0 Å². The van der Waals surface area contributed by atoms with Crippen LogP contribution in [0, 0.1) is 12.8 Å². The first-order valence-corrected chi connectivity index (χ1v) is 7.95. The molecule has 0 aliphatic heterocycles. The van der Waals surface area contributed by atoms with Crippen LogP contribution in [0.25, 0.3) is 0 Å². The number of nitrogens with one attached hydrogen (secondary N) is 1. The number of aliphatic hydroxyl groups excluding tert-OH is 1. The number of hydrogen-bond donors (Lipinski definition) is 2. The molecular formula is C11H17NO3S2. The molecule has 17 heavy (non-hydrogen) atoms. The van der Waals surface area contributed by atoms with Gasteiger partial charge >= 0.3 is 0 Å². The third-order valence-corrected chi connectivity index (χ3v) is 5.88. The predicted octanol–water partition coefficient (Wildman–Crippen LogP) is 1.63. The molecule has 4 nitrogen and oxygen atoms in total. The van der Waals surface area contributed by atoms with Crippen molar-refractivity contribution in [1.82, 2.24) is 4.72 Å². The lowest BCUT2D eigenvalue weighted by Crippen LogP contribution is -2.43. The highest BCUT2D eigenvalue weighted by Crippen LogP contribution is 2.30. The molecule has 2 rings (SSSR count). The van der Waals surface area contributed by atoms with E-state index in [1.165, 1.54) is 11.3 Å². The topological polar surface area (TPSA) is 66.4 Å². The van der Waals surface area contributed by atoms with Crippen LogP contribution in [0.2, 0.25) is 0 Å². The van der Waals surface area contributed by atoms with Crippen LogP contribution in [0.5, 0.6) is 0 Å². The maximum Gasteiger partial charge on any atom is 0.241 e. The average molecular weight is 275 g/mol. The SMILES string of the molecule is Cc1sc(CO)cc1S(=O)(=O)NC1CC(C)C1. The van der Waals surface area contributed by atoms with Crippen LogP contribution in [0.15, 0.2) is 11.0 Å². The van der Waals surface area contributed by atoms with Gasteiger partial charge in [0.05, 0.1) is 11.5 Å². The fourth-order valence-electron chi connectivity index (χ4n) is 2.15. The van der Waals surface area contributed by atoms with Crippen molar-refractivity contribution < 1.29 is 13.5 Å². The highest BCUT2D eigenvalue weighted by molar-refractivity contribution is 7.89. The van der Waals surface area contributed by atoms with Gasteiger partial charge in [0.25, 0.3) is 0 Å². The first-order chi connectivity index (χ1) is 7.92. The lowest BCUT2D eigenvalue weighted by Gasteiger charge is -2.32. The summed E-state index contributed by atoms with van der Waals surface area (Å²) >= 11 is 1.33. The van der Waals surface area contributed by atoms with Crippen molar-refractivity contribution in [3.63, 3.8) is 0 Å². The minimum Gasteiger partial charge on any atom is -0.391 e. The van der Waals surface area contributed by atoms with Crippen LogP contribution >= 0.6 is 11.3 Å². The van der Waals surface area contributed by atoms with Gasteiger partial charge in [-0.2, -0.15) is 0 Å². The Morgan fingerprint density at radius 1 is 1.53 bits per heavy atom. The van der Waals surface area contributed by atoms with E-state index < -0.39 is 10.0 Å². The first-order valence-electron chi connectivity index (χ1n) is 5.65. The Hall–Kier alpha value is -0.430. The summed E-state index contributed by atoms with van der Waals surface area (Å²) in [5.41, 5.74) is 0. The van der Waals surface area contributed by atoms with Crippen molar-refractivity contribution in [3.8, 4) is 0 Å². The normalized spacial score (nSPS) is 24.6. The van der Waals surface area contributed by atoms with Crippen LogP contribution in [0.1, 0.15) is 29.5 Å². The zero-order chi connectivity index (χ0) is 12.6. The second kappa shape index (κ2) is 4.68. The van der Waals surface area contributed by atoms with Crippen molar-refractivity contribution in [3.05, 3.63) is 15.8 Å². The minimum atomic E-state index is -3.41. The second-order valence-corrected chi connectivity index (χ2v) is 7.71. The molecule has 0 amide bonds. The van der Waals surface area contributed by atoms with Crippen LogP contribution in [-0.2, 0) is 16.6 Å². The molecule has 0 aromatic carbocycles. The molecule has 96 valence electrons. The van der Waals surface area contributed by atoms with Gasteiger partial charge in [0.1, 0.15) is 0 Å². The fraction of sp³-hybridized carbons (Fsp3) is 0.636. The van der Waals surface area contributed by atoms with Crippen molar-refractivity contribution >= 4 is 21.4 Å². The van der Waals surface area contributed by atoms with Crippen molar-refractivity contribution in [2.45, 2.75) is 44.2 Å². The summed E-state index contributed by atoms with van der Waals surface area (Å²) in [7, 11) is -3.41. The summed E-state index contributed by atoms with van der Waals surface area (Å²) in [4.78, 5) is 1.73. The highest BCUT2D eigenvalue weighted by atomic mass is 32.2. The largest absolute Gasteiger partial charge is 0.391 e. The Morgan fingerprint density at radius 2 is 2.18 bits per heavy atom. The molecule has 0 saturated heterocycles. The van der Waals surface area contributed by atoms with Gasteiger partial charge < -0.3 is 5.11 Å². The van der Waals surface area contributed by atoms with Crippen LogP contribution in [-0.4, -0.2) is 19.6 Å². The van der Waals surface area contributed by atoms with E-state index in [0.717, 1.165) is 17.7 Å². The molecule has 0 spiro atoms. The molecule has 1 aromatic rings. The van der Waals surface area contributed by atoms with Crippen molar-refractivity contribution in [1.29, 1.82) is 0 Å². The van der Waals surface area contributed by atoms with E-state index >= 15 is 0 Å². The molecule has 1 saturated carbocycles. The van der Waals surface area contributed by atoms with E-state index in [-0.39, 0.29) is 12.6 Å². The van der Waals surface area contributed by atoms with Gasteiger partial charge in [-0.25, -0.2) is 13.1 Å². The molecular weight excluding hydrogens is 258 g/mol. The van der Waals surface area contributed by atoms with Crippen molar-refractivity contribution in [2.24, 2.45) is 5.92 Å². The molecule has 1 aromatic heterocycles.